The zero-order valence-corrected chi connectivity index (χ0v) is 13.5. The molecule has 0 aliphatic carbocycles. The first-order valence-corrected chi connectivity index (χ1v) is 8.22. The Morgan fingerprint density at radius 1 is 1.12 bits per heavy atom. The smallest absolute Gasteiger partial charge is 0.314 e. The molecule has 0 amide bonds. The number of hydrogen-bond donors (Lipinski definition) is 0. The maximum absolute atomic E-state index is 12.5. The topological polar surface area (TPSA) is 69.6 Å². The van der Waals surface area contributed by atoms with Crippen LogP contribution in [0, 0.1) is 0 Å². The van der Waals surface area contributed by atoms with Gasteiger partial charge in [-0.05, 0) is 17.0 Å². The summed E-state index contributed by atoms with van der Waals surface area (Å²) < 4.78 is 31.7. The van der Waals surface area contributed by atoms with E-state index in [4.69, 9.17) is 4.42 Å². The van der Waals surface area contributed by atoms with Gasteiger partial charge in [0.1, 0.15) is 5.69 Å². The molecular weight excluding hydrogens is 348 g/mol. The lowest BCUT2D eigenvalue weighted by molar-refractivity contribution is 0.116. The molecule has 9 heteroatoms. The van der Waals surface area contributed by atoms with Crippen LogP contribution in [-0.2, 0) is 6.54 Å². The number of nitrogens with zero attached hydrogens (tertiary/aromatic N) is 5. The van der Waals surface area contributed by atoms with E-state index >= 15 is 0 Å². The van der Waals surface area contributed by atoms with Crippen molar-refractivity contribution in [2.45, 2.75) is 13.0 Å². The summed E-state index contributed by atoms with van der Waals surface area (Å²) >= 11 is 1.35. The molecular formula is C16H11F2N5OS. The van der Waals surface area contributed by atoms with Gasteiger partial charge in [-0.1, -0.05) is 35.5 Å². The van der Waals surface area contributed by atoms with E-state index in [1.807, 2.05) is 48.0 Å². The molecule has 0 fully saturated rings. The minimum absolute atomic E-state index is 0.0927. The lowest BCUT2D eigenvalue weighted by Gasteiger charge is -1.96. The van der Waals surface area contributed by atoms with Crippen LogP contribution in [0.4, 0.5) is 8.78 Å². The Morgan fingerprint density at radius 2 is 1.96 bits per heavy atom. The van der Waals surface area contributed by atoms with Crippen molar-refractivity contribution in [2.75, 3.05) is 0 Å². The van der Waals surface area contributed by atoms with Crippen LogP contribution in [0.5, 0.6) is 0 Å². The van der Waals surface area contributed by atoms with Crippen LogP contribution in [0.3, 0.4) is 0 Å². The maximum atomic E-state index is 12.5. The van der Waals surface area contributed by atoms with Crippen molar-refractivity contribution < 1.29 is 13.2 Å². The SMILES string of the molecule is FC(F)c1nnc(-c2cc(Cn3cc(-c4ccccc4)nn3)cs2)o1. The summed E-state index contributed by atoms with van der Waals surface area (Å²) in [6.07, 6.45) is -0.916. The van der Waals surface area contributed by atoms with Crippen LogP contribution >= 0.6 is 11.3 Å². The van der Waals surface area contributed by atoms with E-state index in [1.165, 1.54) is 11.3 Å². The van der Waals surface area contributed by atoms with Gasteiger partial charge < -0.3 is 4.42 Å². The van der Waals surface area contributed by atoms with E-state index in [1.54, 1.807) is 4.68 Å². The fourth-order valence-electron chi connectivity index (χ4n) is 2.30. The third kappa shape index (κ3) is 3.31. The highest BCUT2D eigenvalue weighted by atomic mass is 32.1. The summed E-state index contributed by atoms with van der Waals surface area (Å²) in [7, 11) is 0. The van der Waals surface area contributed by atoms with Crippen LogP contribution < -0.4 is 0 Å². The molecule has 126 valence electrons. The molecule has 3 aromatic heterocycles. The molecule has 0 saturated heterocycles. The van der Waals surface area contributed by atoms with E-state index in [0.29, 0.717) is 11.4 Å². The lowest BCUT2D eigenvalue weighted by Crippen LogP contribution is -1.98. The van der Waals surface area contributed by atoms with Gasteiger partial charge in [-0.3, -0.25) is 0 Å². The summed E-state index contributed by atoms with van der Waals surface area (Å²) in [5.41, 5.74) is 2.72. The highest BCUT2D eigenvalue weighted by Gasteiger charge is 2.18. The highest BCUT2D eigenvalue weighted by Crippen LogP contribution is 2.28. The molecule has 1 aromatic carbocycles. The molecule has 0 aliphatic rings. The molecule has 0 atom stereocenters. The minimum atomic E-state index is -2.77. The lowest BCUT2D eigenvalue weighted by atomic mass is 10.2. The molecule has 0 unspecified atom stereocenters. The van der Waals surface area contributed by atoms with Crippen molar-refractivity contribution >= 4 is 11.3 Å². The number of aromatic nitrogens is 5. The van der Waals surface area contributed by atoms with Gasteiger partial charge in [0.25, 0.3) is 11.8 Å². The Bertz CT molecular complexity index is 979. The first-order valence-electron chi connectivity index (χ1n) is 7.34. The Hall–Kier alpha value is -2.94. The van der Waals surface area contributed by atoms with E-state index < -0.39 is 12.3 Å². The zero-order valence-electron chi connectivity index (χ0n) is 12.7. The van der Waals surface area contributed by atoms with Gasteiger partial charge in [0.15, 0.2) is 0 Å². The van der Waals surface area contributed by atoms with Crippen LogP contribution in [-0.4, -0.2) is 25.2 Å². The number of alkyl halides is 2. The Labute approximate surface area is 144 Å². The number of hydrogen-bond acceptors (Lipinski definition) is 6. The molecule has 0 aliphatic heterocycles. The summed E-state index contributed by atoms with van der Waals surface area (Å²) in [6, 6.07) is 11.6. The summed E-state index contributed by atoms with van der Waals surface area (Å²) in [5, 5.41) is 17.2. The second kappa shape index (κ2) is 6.52. The monoisotopic (exact) mass is 359 g/mol. The Balaban J connectivity index is 1.50. The van der Waals surface area contributed by atoms with Gasteiger partial charge in [-0.25, -0.2) is 4.68 Å². The second-order valence-corrected chi connectivity index (χ2v) is 6.14. The minimum Gasteiger partial charge on any atom is -0.414 e. The van der Waals surface area contributed by atoms with E-state index in [0.717, 1.165) is 16.8 Å². The molecule has 25 heavy (non-hydrogen) atoms. The normalized spacial score (nSPS) is 11.3. The van der Waals surface area contributed by atoms with Gasteiger partial charge in [0, 0.05) is 5.56 Å². The first-order chi connectivity index (χ1) is 12.2. The summed E-state index contributed by atoms with van der Waals surface area (Å²) in [4.78, 5) is 0.637. The molecule has 0 N–H and O–H groups in total. The quantitative estimate of drug-likeness (QED) is 0.538. The largest absolute Gasteiger partial charge is 0.414 e. The van der Waals surface area contributed by atoms with Crippen molar-refractivity contribution in [3.63, 3.8) is 0 Å². The first kappa shape index (κ1) is 15.6. The molecule has 4 aromatic rings. The molecule has 6 nitrogen and oxygen atoms in total. The average molecular weight is 359 g/mol. The second-order valence-electron chi connectivity index (χ2n) is 5.23. The van der Waals surface area contributed by atoms with Crippen LogP contribution in [0.1, 0.15) is 17.9 Å². The predicted octanol–water partition coefficient (Wildman–Crippen LogP) is 4.04. The van der Waals surface area contributed by atoms with Crippen LogP contribution in [0.2, 0.25) is 0 Å². The van der Waals surface area contributed by atoms with Crippen LogP contribution in [0.15, 0.2) is 52.4 Å². The molecule has 0 radical (unpaired) electrons. The number of halogens is 2. The van der Waals surface area contributed by atoms with Gasteiger partial charge >= 0.3 is 6.43 Å². The van der Waals surface area contributed by atoms with Gasteiger partial charge in [0.2, 0.25) is 0 Å². The van der Waals surface area contributed by atoms with E-state index in [9.17, 15) is 8.78 Å². The zero-order chi connectivity index (χ0) is 17.2. The van der Waals surface area contributed by atoms with E-state index in [-0.39, 0.29) is 5.89 Å². The maximum Gasteiger partial charge on any atom is 0.314 e. The predicted molar refractivity (Wildman–Crippen MR) is 87.1 cm³/mol. The summed E-state index contributed by atoms with van der Waals surface area (Å²) in [5.74, 6) is -0.580. The third-order valence-corrected chi connectivity index (χ3v) is 4.41. The van der Waals surface area contributed by atoms with Crippen molar-refractivity contribution in [2.24, 2.45) is 0 Å². The van der Waals surface area contributed by atoms with Crippen molar-refractivity contribution in [1.29, 1.82) is 0 Å². The van der Waals surface area contributed by atoms with E-state index in [2.05, 4.69) is 20.5 Å². The number of benzene rings is 1. The fraction of sp³-hybridized carbons (Fsp3) is 0.125. The molecule has 0 spiro atoms. The molecule has 0 saturated carbocycles. The Morgan fingerprint density at radius 3 is 2.72 bits per heavy atom. The van der Waals surface area contributed by atoms with Crippen molar-refractivity contribution in [1.82, 2.24) is 25.2 Å². The third-order valence-electron chi connectivity index (χ3n) is 3.44. The van der Waals surface area contributed by atoms with Gasteiger partial charge in [-0.2, -0.15) is 8.78 Å². The molecule has 3 heterocycles. The standard InChI is InChI=1S/C16H11F2N5OS/c17-14(18)16-21-20-15(24-16)13-6-10(9-25-13)7-23-8-12(19-22-23)11-4-2-1-3-5-11/h1-6,8-9,14H,7H2. The number of thiophene rings is 1. The molecule has 4 rings (SSSR count). The van der Waals surface area contributed by atoms with Crippen molar-refractivity contribution in [3.05, 3.63) is 59.4 Å². The molecule has 0 bridgehead atoms. The van der Waals surface area contributed by atoms with Crippen molar-refractivity contribution in [3.8, 4) is 22.0 Å². The Kier molecular flexibility index (Phi) is 4.06. The van der Waals surface area contributed by atoms with Gasteiger partial charge in [-0.15, -0.1) is 26.6 Å². The highest BCUT2D eigenvalue weighted by molar-refractivity contribution is 7.13. The summed E-state index contributed by atoms with van der Waals surface area (Å²) in [6.45, 7) is 0.506. The van der Waals surface area contributed by atoms with Gasteiger partial charge in [0.05, 0.1) is 17.6 Å². The number of rotatable bonds is 5. The van der Waals surface area contributed by atoms with Crippen LogP contribution in [0.25, 0.3) is 22.0 Å². The average Bonchev–Trinajstić information content (AvgIpc) is 3.36. The fourth-order valence-corrected chi connectivity index (χ4v) is 3.12.